The number of nitrogens with two attached hydrogens (primary N) is 1. The van der Waals surface area contributed by atoms with E-state index in [0.717, 1.165) is 15.6 Å². The highest BCUT2D eigenvalue weighted by Gasteiger charge is 2.03. The van der Waals surface area contributed by atoms with E-state index < -0.39 is 0 Å². The van der Waals surface area contributed by atoms with Gasteiger partial charge in [-0.3, -0.25) is 4.98 Å². The first-order valence-electron chi connectivity index (χ1n) is 3.96. The third-order valence-corrected chi connectivity index (χ3v) is 2.68. The lowest BCUT2D eigenvalue weighted by Gasteiger charge is -1.91. The summed E-state index contributed by atoms with van der Waals surface area (Å²) in [5.74, 6) is 0. The molecule has 2 aromatic rings. The van der Waals surface area contributed by atoms with Crippen molar-refractivity contribution in [1.82, 2.24) is 9.97 Å². The van der Waals surface area contributed by atoms with Crippen molar-refractivity contribution >= 4 is 23.7 Å². The first-order chi connectivity index (χ1) is 6.40. The number of nitrogens with zero attached hydrogens (tertiary/aromatic N) is 2. The highest BCUT2D eigenvalue weighted by atomic mass is 35.5. The molecule has 0 unspecified atom stereocenters. The Bertz CT molecular complexity index is 388. The smallest absolute Gasteiger partial charge is 0.142 e. The zero-order valence-corrected chi connectivity index (χ0v) is 9.02. The Morgan fingerprint density at radius 2 is 2.14 bits per heavy atom. The summed E-state index contributed by atoms with van der Waals surface area (Å²) in [7, 11) is 0. The number of rotatable bonds is 2. The third-order valence-electron chi connectivity index (χ3n) is 1.64. The van der Waals surface area contributed by atoms with Gasteiger partial charge in [-0.2, -0.15) is 0 Å². The molecule has 2 N–H and O–H groups in total. The lowest BCUT2D eigenvalue weighted by atomic mass is 10.4. The molecule has 0 aromatic carbocycles. The standard InChI is InChI=1S/C9H9N3S.ClH/c10-5-7-6-12-9(13-7)8-3-1-2-4-11-8;/h1-4,6H,5,10H2;1H. The van der Waals surface area contributed by atoms with E-state index in [0.29, 0.717) is 6.54 Å². The Kier molecular flexibility index (Phi) is 4.00. The van der Waals surface area contributed by atoms with Gasteiger partial charge < -0.3 is 5.73 Å². The molecule has 0 aliphatic heterocycles. The van der Waals surface area contributed by atoms with Crippen molar-refractivity contribution in [3.05, 3.63) is 35.5 Å². The zero-order chi connectivity index (χ0) is 9.10. The Morgan fingerprint density at radius 1 is 1.29 bits per heavy atom. The average molecular weight is 228 g/mol. The molecule has 0 amide bonds. The van der Waals surface area contributed by atoms with Crippen LogP contribution in [0.25, 0.3) is 10.7 Å². The van der Waals surface area contributed by atoms with Crippen LogP contribution in [0.3, 0.4) is 0 Å². The molecule has 3 nitrogen and oxygen atoms in total. The molecule has 0 saturated carbocycles. The van der Waals surface area contributed by atoms with Crippen molar-refractivity contribution in [3.63, 3.8) is 0 Å². The van der Waals surface area contributed by atoms with E-state index >= 15 is 0 Å². The van der Waals surface area contributed by atoms with E-state index in [9.17, 15) is 0 Å². The van der Waals surface area contributed by atoms with E-state index in [-0.39, 0.29) is 12.4 Å². The minimum Gasteiger partial charge on any atom is -0.326 e. The second-order valence-corrected chi connectivity index (χ2v) is 3.67. The predicted octanol–water partition coefficient (Wildman–Crippen LogP) is 2.09. The first-order valence-corrected chi connectivity index (χ1v) is 4.78. The van der Waals surface area contributed by atoms with Crippen LogP contribution in [-0.2, 0) is 6.54 Å². The maximum Gasteiger partial charge on any atom is 0.142 e. The Balaban J connectivity index is 0.000000980. The molecule has 0 saturated heterocycles. The lowest BCUT2D eigenvalue weighted by Crippen LogP contribution is -1.91. The molecule has 2 heterocycles. The van der Waals surface area contributed by atoms with Gasteiger partial charge in [0.25, 0.3) is 0 Å². The first kappa shape index (κ1) is 11.1. The summed E-state index contributed by atoms with van der Waals surface area (Å²) in [6, 6.07) is 5.78. The van der Waals surface area contributed by atoms with Crippen LogP contribution in [0.15, 0.2) is 30.6 Å². The van der Waals surface area contributed by atoms with Crippen LogP contribution < -0.4 is 5.73 Å². The molecule has 0 spiro atoms. The van der Waals surface area contributed by atoms with Crippen molar-refractivity contribution in [2.45, 2.75) is 6.54 Å². The maximum atomic E-state index is 5.49. The molecular weight excluding hydrogens is 218 g/mol. The molecule has 0 radical (unpaired) electrons. The molecule has 14 heavy (non-hydrogen) atoms. The minimum atomic E-state index is 0. The minimum absolute atomic E-state index is 0. The van der Waals surface area contributed by atoms with Gasteiger partial charge in [-0.25, -0.2) is 4.98 Å². The molecule has 2 rings (SSSR count). The Morgan fingerprint density at radius 3 is 2.71 bits per heavy atom. The van der Waals surface area contributed by atoms with Crippen molar-refractivity contribution < 1.29 is 0 Å². The van der Waals surface area contributed by atoms with E-state index in [2.05, 4.69) is 9.97 Å². The second-order valence-electron chi connectivity index (χ2n) is 2.55. The van der Waals surface area contributed by atoms with Crippen LogP contribution in [0.5, 0.6) is 0 Å². The quantitative estimate of drug-likeness (QED) is 0.855. The number of hydrogen-bond donors (Lipinski definition) is 1. The van der Waals surface area contributed by atoms with Crippen molar-refractivity contribution in [1.29, 1.82) is 0 Å². The van der Waals surface area contributed by atoms with Crippen LogP contribution in [0.4, 0.5) is 0 Å². The highest BCUT2D eigenvalue weighted by molar-refractivity contribution is 7.14. The summed E-state index contributed by atoms with van der Waals surface area (Å²) in [4.78, 5) is 9.52. The Hall–Kier alpha value is -0.970. The normalized spacial score (nSPS) is 9.50. The summed E-state index contributed by atoms with van der Waals surface area (Å²) in [5.41, 5.74) is 6.40. The molecule has 0 fully saturated rings. The fourth-order valence-corrected chi connectivity index (χ4v) is 1.78. The van der Waals surface area contributed by atoms with Gasteiger partial charge in [0.05, 0.1) is 5.69 Å². The van der Waals surface area contributed by atoms with Gasteiger partial charge in [0.15, 0.2) is 0 Å². The van der Waals surface area contributed by atoms with Gasteiger partial charge >= 0.3 is 0 Å². The largest absolute Gasteiger partial charge is 0.326 e. The monoisotopic (exact) mass is 227 g/mol. The molecule has 2 aromatic heterocycles. The highest BCUT2D eigenvalue weighted by Crippen LogP contribution is 2.22. The summed E-state index contributed by atoms with van der Waals surface area (Å²) in [5, 5.41) is 0.932. The SMILES string of the molecule is Cl.NCc1cnc(-c2ccccn2)s1. The third kappa shape index (κ3) is 2.29. The fourth-order valence-electron chi connectivity index (χ4n) is 1.01. The number of hydrogen-bond acceptors (Lipinski definition) is 4. The van der Waals surface area contributed by atoms with Crippen LogP contribution in [0.2, 0.25) is 0 Å². The Labute approximate surface area is 92.4 Å². The predicted molar refractivity (Wildman–Crippen MR) is 60.5 cm³/mol. The molecule has 0 aliphatic rings. The van der Waals surface area contributed by atoms with Gasteiger partial charge in [-0.05, 0) is 12.1 Å². The molecule has 0 atom stereocenters. The van der Waals surface area contributed by atoms with Crippen molar-refractivity contribution in [3.8, 4) is 10.7 Å². The molecular formula is C9H10ClN3S. The topological polar surface area (TPSA) is 51.8 Å². The molecule has 0 bridgehead atoms. The number of aromatic nitrogens is 2. The van der Waals surface area contributed by atoms with Gasteiger partial charge in [0.1, 0.15) is 5.01 Å². The van der Waals surface area contributed by atoms with Gasteiger partial charge in [0.2, 0.25) is 0 Å². The van der Waals surface area contributed by atoms with Crippen LogP contribution >= 0.6 is 23.7 Å². The number of halogens is 1. The van der Waals surface area contributed by atoms with Crippen LogP contribution in [-0.4, -0.2) is 9.97 Å². The van der Waals surface area contributed by atoms with E-state index in [4.69, 9.17) is 5.73 Å². The number of thiazole rings is 1. The van der Waals surface area contributed by atoms with Crippen molar-refractivity contribution in [2.75, 3.05) is 0 Å². The van der Waals surface area contributed by atoms with E-state index in [1.54, 1.807) is 23.7 Å². The second kappa shape index (κ2) is 5.05. The van der Waals surface area contributed by atoms with E-state index in [1.165, 1.54) is 0 Å². The van der Waals surface area contributed by atoms with E-state index in [1.807, 2.05) is 18.2 Å². The van der Waals surface area contributed by atoms with Gasteiger partial charge in [-0.1, -0.05) is 6.07 Å². The summed E-state index contributed by atoms with van der Waals surface area (Å²) in [6.07, 6.45) is 3.56. The van der Waals surface area contributed by atoms with Crippen LogP contribution in [0, 0.1) is 0 Å². The maximum absolute atomic E-state index is 5.49. The molecule has 5 heteroatoms. The number of pyridine rings is 1. The molecule has 74 valence electrons. The summed E-state index contributed by atoms with van der Waals surface area (Å²) >= 11 is 1.59. The van der Waals surface area contributed by atoms with Gasteiger partial charge in [-0.15, -0.1) is 23.7 Å². The zero-order valence-electron chi connectivity index (χ0n) is 7.38. The fraction of sp³-hybridized carbons (Fsp3) is 0.111. The summed E-state index contributed by atoms with van der Waals surface area (Å²) in [6.45, 7) is 0.546. The molecule has 0 aliphatic carbocycles. The van der Waals surface area contributed by atoms with Gasteiger partial charge in [0, 0.05) is 23.8 Å². The van der Waals surface area contributed by atoms with Crippen molar-refractivity contribution in [2.24, 2.45) is 5.73 Å². The average Bonchev–Trinajstić information content (AvgIpc) is 2.67. The van der Waals surface area contributed by atoms with Crippen LogP contribution in [0.1, 0.15) is 4.88 Å². The lowest BCUT2D eigenvalue weighted by molar-refractivity contribution is 1.10. The summed E-state index contributed by atoms with van der Waals surface area (Å²) < 4.78 is 0.